The van der Waals surface area contributed by atoms with Crippen LogP contribution >= 0.6 is 0 Å². The minimum absolute atomic E-state index is 0.0263. The summed E-state index contributed by atoms with van der Waals surface area (Å²) in [6.45, 7) is 4.93. The lowest BCUT2D eigenvalue weighted by Gasteiger charge is -2.34. The average Bonchev–Trinajstić information content (AvgIpc) is 2.97. The maximum absolute atomic E-state index is 13.7. The summed E-state index contributed by atoms with van der Waals surface area (Å²) in [4.78, 5) is 16.1. The molecule has 24 heavy (non-hydrogen) atoms. The zero-order valence-corrected chi connectivity index (χ0v) is 13.6. The molecule has 0 unspecified atom stereocenters. The van der Waals surface area contributed by atoms with Crippen LogP contribution in [0.25, 0.3) is 0 Å². The Bertz CT molecular complexity index is 723. The van der Waals surface area contributed by atoms with Crippen LogP contribution in [0.5, 0.6) is 0 Å². The number of rotatable bonds is 4. The smallest absolute Gasteiger partial charge is 0.244 e. The van der Waals surface area contributed by atoms with E-state index in [1.807, 2.05) is 17.9 Å². The molecule has 1 aromatic heterocycles. The molecule has 1 saturated heterocycles. The van der Waals surface area contributed by atoms with E-state index in [0.717, 1.165) is 11.8 Å². The first kappa shape index (κ1) is 16.6. The van der Waals surface area contributed by atoms with Crippen molar-refractivity contribution in [2.24, 2.45) is 0 Å². The van der Waals surface area contributed by atoms with Gasteiger partial charge in [0, 0.05) is 50.2 Å². The molecule has 1 amide bonds. The predicted molar refractivity (Wildman–Crippen MR) is 85.2 cm³/mol. The molecule has 7 heteroatoms. The molecule has 0 atom stereocenters. The van der Waals surface area contributed by atoms with Gasteiger partial charge in [-0.2, -0.15) is 5.10 Å². The number of nitrogens with zero attached hydrogens (tertiary/aromatic N) is 4. The van der Waals surface area contributed by atoms with E-state index in [1.54, 1.807) is 21.8 Å². The van der Waals surface area contributed by atoms with Crippen LogP contribution < -0.4 is 0 Å². The Kier molecular flexibility index (Phi) is 4.89. The van der Waals surface area contributed by atoms with E-state index in [9.17, 15) is 13.6 Å². The van der Waals surface area contributed by atoms with Gasteiger partial charge in [-0.25, -0.2) is 8.78 Å². The van der Waals surface area contributed by atoms with Crippen LogP contribution in [-0.2, 0) is 17.9 Å². The Morgan fingerprint density at radius 2 is 1.92 bits per heavy atom. The Labute approximate surface area is 139 Å². The molecular formula is C17H20F2N4O. The highest BCUT2D eigenvalue weighted by Gasteiger charge is 2.22. The van der Waals surface area contributed by atoms with Crippen LogP contribution in [0.3, 0.4) is 0 Å². The van der Waals surface area contributed by atoms with Gasteiger partial charge in [0.25, 0.3) is 0 Å². The fourth-order valence-electron chi connectivity index (χ4n) is 2.86. The second-order valence-corrected chi connectivity index (χ2v) is 6.00. The van der Waals surface area contributed by atoms with Gasteiger partial charge in [-0.1, -0.05) is 12.1 Å². The van der Waals surface area contributed by atoms with Gasteiger partial charge in [0.1, 0.15) is 6.54 Å². The highest BCUT2D eigenvalue weighted by Crippen LogP contribution is 2.15. The zero-order valence-electron chi connectivity index (χ0n) is 13.6. The molecule has 2 heterocycles. The van der Waals surface area contributed by atoms with Gasteiger partial charge in [0.05, 0.1) is 0 Å². The predicted octanol–water partition coefficient (Wildman–Crippen LogP) is 1.81. The van der Waals surface area contributed by atoms with E-state index in [0.29, 0.717) is 38.3 Å². The fourth-order valence-corrected chi connectivity index (χ4v) is 2.86. The van der Waals surface area contributed by atoms with Crippen molar-refractivity contribution in [2.45, 2.75) is 20.0 Å². The van der Waals surface area contributed by atoms with Crippen LogP contribution in [0.1, 0.15) is 11.3 Å². The van der Waals surface area contributed by atoms with Gasteiger partial charge in [-0.15, -0.1) is 0 Å². The number of hydrogen-bond acceptors (Lipinski definition) is 3. The van der Waals surface area contributed by atoms with E-state index in [4.69, 9.17) is 0 Å². The average molecular weight is 334 g/mol. The van der Waals surface area contributed by atoms with E-state index < -0.39 is 11.6 Å². The number of carbonyl (C=O) groups is 1. The van der Waals surface area contributed by atoms with Gasteiger partial charge in [-0.05, 0) is 19.1 Å². The van der Waals surface area contributed by atoms with Crippen molar-refractivity contribution >= 4 is 5.91 Å². The molecule has 1 fully saturated rings. The summed E-state index contributed by atoms with van der Waals surface area (Å²) in [6, 6.07) is 6.09. The SMILES string of the molecule is Cc1ccnn1CC(=O)N1CCN(Cc2cccc(F)c2F)CC1. The lowest BCUT2D eigenvalue weighted by atomic mass is 10.1. The van der Waals surface area contributed by atoms with Crippen molar-refractivity contribution in [1.29, 1.82) is 0 Å². The summed E-state index contributed by atoms with van der Waals surface area (Å²) in [6.07, 6.45) is 1.67. The third-order valence-corrected chi connectivity index (χ3v) is 4.36. The lowest BCUT2D eigenvalue weighted by Crippen LogP contribution is -2.49. The van der Waals surface area contributed by atoms with Crippen LogP contribution in [0.15, 0.2) is 30.5 Å². The molecule has 0 aliphatic carbocycles. The van der Waals surface area contributed by atoms with Gasteiger partial charge in [-0.3, -0.25) is 14.4 Å². The van der Waals surface area contributed by atoms with Crippen LogP contribution in [0.2, 0.25) is 0 Å². The van der Waals surface area contributed by atoms with Crippen molar-refractivity contribution in [1.82, 2.24) is 19.6 Å². The molecule has 3 rings (SSSR count). The maximum atomic E-state index is 13.7. The summed E-state index contributed by atoms with van der Waals surface area (Å²) in [5.74, 6) is -1.58. The van der Waals surface area contributed by atoms with E-state index >= 15 is 0 Å². The molecule has 2 aromatic rings. The summed E-state index contributed by atoms with van der Waals surface area (Å²) in [7, 11) is 0. The number of benzene rings is 1. The largest absolute Gasteiger partial charge is 0.339 e. The summed E-state index contributed by atoms with van der Waals surface area (Å²) in [5.41, 5.74) is 1.30. The molecule has 1 aliphatic heterocycles. The van der Waals surface area contributed by atoms with Crippen molar-refractivity contribution in [2.75, 3.05) is 26.2 Å². The van der Waals surface area contributed by atoms with Gasteiger partial charge >= 0.3 is 0 Å². The maximum Gasteiger partial charge on any atom is 0.244 e. The molecule has 0 spiro atoms. The number of aromatic nitrogens is 2. The fraction of sp³-hybridized carbons (Fsp3) is 0.412. The number of piperazine rings is 1. The molecule has 128 valence electrons. The normalized spacial score (nSPS) is 15.7. The number of amides is 1. The molecule has 5 nitrogen and oxygen atoms in total. The molecule has 0 saturated carbocycles. The van der Waals surface area contributed by atoms with Crippen LogP contribution in [0, 0.1) is 18.6 Å². The summed E-state index contributed by atoms with van der Waals surface area (Å²) in [5, 5.41) is 4.12. The molecule has 1 aliphatic rings. The standard InChI is InChI=1S/C17H20F2N4O/c1-13-5-6-20-23(13)12-16(24)22-9-7-21(8-10-22)11-14-3-2-4-15(18)17(14)19/h2-6H,7-12H2,1H3. The van der Waals surface area contributed by atoms with Crippen LogP contribution in [0.4, 0.5) is 8.78 Å². The number of aryl methyl sites for hydroxylation is 1. The Balaban J connectivity index is 1.53. The summed E-state index contributed by atoms with van der Waals surface area (Å²) < 4.78 is 28.7. The Morgan fingerprint density at radius 1 is 1.17 bits per heavy atom. The molecule has 0 N–H and O–H groups in total. The minimum atomic E-state index is -0.823. The zero-order chi connectivity index (χ0) is 17.1. The third-order valence-electron chi connectivity index (χ3n) is 4.36. The van der Waals surface area contributed by atoms with Gasteiger partial charge in [0.15, 0.2) is 11.6 Å². The molecule has 0 radical (unpaired) electrons. The second-order valence-electron chi connectivity index (χ2n) is 6.00. The topological polar surface area (TPSA) is 41.4 Å². The second kappa shape index (κ2) is 7.09. The Morgan fingerprint density at radius 3 is 2.58 bits per heavy atom. The van der Waals surface area contributed by atoms with Crippen molar-refractivity contribution < 1.29 is 13.6 Å². The van der Waals surface area contributed by atoms with Crippen LogP contribution in [-0.4, -0.2) is 51.7 Å². The highest BCUT2D eigenvalue weighted by atomic mass is 19.2. The Hall–Kier alpha value is -2.28. The van der Waals surface area contributed by atoms with E-state index in [-0.39, 0.29) is 12.5 Å². The van der Waals surface area contributed by atoms with E-state index in [1.165, 1.54) is 6.07 Å². The van der Waals surface area contributed by atoms with Crippen molar-refractivity contribution in [3.05, 3.63) is 53.4 Å². The summed E-state index contributed by atoms with van der Waals surface area (Å²) >= 11 is 0. The van der Waals surface area contributed by atoms with E-state index in [2.05, 4.69) is 5.10 Å². The van der Waals surface area contributed by atoms with Gasteiger partial charge in [0.2, 0.25) is 5.91 Å². The molecule has 1 aromatic carbocycles. The lowest BCUT2D eigenvalue weighted by molar-refractivity contribution is -0.133. The van der Waals surface area contributed by atoms with Gasteiger partial charge < -0.3 is 4.90 Å². The monoisotopic (exact) mass is 334 g/mol. The third kappa shape index (κ3) is 3.62. The number of carbonyl (C=O) groups excluding carboxylic acids is 1. The first-order valence-corrected chi connectivity index (χ1v) is 7.96. The highest BCUT2D eigenvalue weighted by molar-refractivity contribution is 5.76. The molecular weight excluding hydrogens is 314 g/mol. The number of hydrogen-bond donors (Lipinski definition) is 0. The minimum Gasteiger partial charge on any atom is -0.339 e. The quantitative estimate of drug-likeness (QED) is 0.856. The van der Waals surface area contributed by atoms with Crippen molar-refractivity contribution in [3.8, 4) is 0 Å². The first-order chi connectivity index (χ1) is 11.5. The molecule has 0 bridgehead atoms. The first-order valence-electron chi connectivity index (χ1n) is 7.96. The van der Waals surface area contributed by atoms with Crippen molar-refractivity contribution in [3.63, 3.8) is 0 Å². The number of halogens is 2.